The second-order valence-electron chi connectivity index (χ2n) is 7.15. The molecule has 0 bridgehead atoms. The third kappa shape index (κ3) is 4.38. The lowest BCUT2D eigenvalue weighted by Crippen LogP contribution is -2.04. The third-order valence-corrected chi connectivity index (χ3v) is 5.43. The van der Waals surface area contributed by atoms with Crippen LogP contribution in [0.4, 0.5) is 0 Å². The van der Waals surface area contributed by atoms with E-state index >= 15 is 0 Å². The summed E-state index contributed by atoms with van der Waals surface area (Å²) in [5, 5.41) is 11.4. The summed E-state index contributed by atoms with van der Waals surface area (Å²) in [5.74, 6) is 1.10. The van der Waals surface area contributed by atoms with Crippen LogP contribution in [-0.4, -0.2) is 26.4 Å². The second-order valence-corrected chi connectivity index (χ2v) is 7.59. The Morgan fingerprint density at radius 1 is 0.879 bits per heavy atom. The summed E-state index contributed by atoms with van der Waals surface area (Å²) in [5.41, 5.74) is 1.62. The second kappa shape index (κ2) is 9.30. The zero-order chi connectivity index (χ0) is 23.5. The number of aromatic hydroxyl groups is 1. The van der Waals surface area contributed by atoms with Crippen LogP contribution >= 0.6 is 11.6 Å². The molecule has 0 fully saturated rings. The van der Waals surface area contributed by atoms with Crippen LogP contribution in [0.2, 0.25) is 5.02 Å². The Bertz CT molecular complexity index is 1400. The summed E-state index contributed by atoms with van der Waals surface area (Å²) in [7, 11) is 4.64. The molecule has 6 nitrogen and oxygen atoms in total. The summed E-state index contributed by atoms with van der Waals surface area (Å²) in [6, 6.07) is 15.5. The van der Waals surface area contributed by atoms with Gasteiger partial charge in [-0.25, -0.2) is 0 Å². The van der Waals surface area contributed by atoms with Crippen molar-refractivity contribution < 1.29 is 23.7 Å². The lowest BCUT2D eigenvalue weighted by atomic mass is 10.00. The average Bonchev–Trinajstić information content (AvgIpc) is 2.84. The molecule has 4 aromatic rings. The summed E-state index contributed by atoms with van der Waals surface area (Å²) < 4.78 is 22.1. The number of methoxy groups -OCH3 is 3. The van der Waals surface area contributed by atoms with Crippen molar-refractivity contribution >= 4 is 34.7 Å². The van der Waals surface area contributed by atoms with Gasteiger partial charge in [0.2, 0.25) is 11.2 Å². The van der Waals surface area contributed by atoms with E-state index < -0.39 is 11.2 Å². The summed E-state index contributed by atoms with van der Waals surface area (Å²) in [6.45, 7) is 0. The van der Waals surface area contributed by atoms with E-state index in [0.717, 1.165) is 11.3 Å². The number of hydrogen-bond donors (Lipinski definition) is 1. The number of hydrogen-bond acceptors (Lipinski definition) is 6. The van der Waals surface area contributed by atoms with E-state index in [2.05, 4.69) is 0 Å². The highest BCUT2D eigenvalue weighted by Crippen LogP contribution is 2.42. The monoisotopic (exact) mass is 464 g/mol. The van der Waals surface area contributed by atoms with Crippen molar-refractivity contribution in [2.45, 2.75) is 0 Å². The molecule has 1 N–H and O–H groups in total. The zero-order valence-corrected chi connectivity index (χ0v) is 19.0. The predicted octanol–water partition coefficient (Wildman–Crippen LogP) is 6.02. The van der Waals surface area contributed by atoms with Crippen molar-refractivity contribution in [2.24, 2.45) is 0 Å². The number of fused-ring (bicyclic) bond motifs is 1. The Hall–Kier alpha value is -3.90. The Labute approximate surface area is 195 Å². The van der Waals surface area contributed by atoms with Gasteiger partial charge in [-0.1, -0.05) is 35.9 Å². The molecule has 0 atom stereocenters. The zero-order valence-electron chi connectivity index (χ0n) is 18.2. The molecule has 0 spiro atoms. The molecule has 0 unspecified atom stereocenters. The first-order chi connectivity index (χ1) is 15.9. The van der Waals surface area contributed by atoms with Crippen LogP contribution in [0.3, 0.4) is 0 Å². The van der Waals surface area contributed by atoms with E-state index in [1.165, 1.54) is 19.2 Å². The minimum atomic E-state index is -0.564. The minimum Gasteiger partial charge on any atom is -0.502 e. The van der Waals surface area contributed by atoms with Gasteiger partial charge in [-0.2, -0.15) is 0 Å². The topological polar surface area (TPSA) is 78.1 Å². The van der Waals surface area contributed by atoms with E-state index in [1.807, 2.05) is 36.4 Å². The Morgan fingerprint density at radius 2 is 1.61 bits per heavy atom. The fraction of sp³-hybridized carbons (Fsp3) is 0.115. The molecule has 0 saturated heterocycles. The van der Waals surface area contributed by atoms with Crippen LogP contribution in [0.15, 0.2) is 63.8 Å². The molecule has 0 saturated carbocycles. The van der Waals surface area contributed by atoms with Gasteiger partial charge in [-0.15, -0.1) is 0 Å². The van der Waals surface area contributed by atoms with Gasteiger partial charge in [-0.05, 0) is 41.5 Å². The Balaban J connectivity index is 1.95. The van der Waals surface area contributed by atoms with Gasteiger partial charge in [0, 0.05) is 17.2 Å². The highest BCUT2D eigenvalue weighted by Gasteiger charge is 2.22. The van der Waals surface area contributed by atoms with Crippen molar-refractivity contribution in [3.63, 3.8) is 0 Å². The van der Waals surface area contributed by atoms with E-state index in [0.29, 0.717) is 27.6 Å². The van der Waals surface area contributed by atoms with Crippen LogP contribution in [0, 0.1) is 0 Å². The molecule has 1 aromatic heterocycles. The highest BCUT2D eigenvalue weighted by atomic mass is 35.5. The molecule has 0 aliphatic rings. The fourth-order valence-corrected chi connectivity index (χ4v) is 3.65. The molecule has 1 heterocycles. The van der Waals surface area contributed by atoms with Crippen LogP contribution in [0.25, 0.3) is 34.4 Å². The molecular weight excluding hydrogens is 444 g/mol. The van der Waals surface area contributed by atoms with Crippen molar-refractivity contribution in [2.75, 3.05) is 21.3 Å². The molecule has 0 radical (unpaired) electrons. The number of rotatable bonds is 6. The molecule has 4 rings (SSSR count). The number of benzene rings is 3. The van der Waals surface area contributed by atoms with Crippen LogP contribution < -0.4 is 19.6 Å². The molecule has 0 aliphatic heterocycles. The van der Waals surface area contributed by atoms with Crippen molar-refractivity contribution in [3.8, 4) is 34.3 Å². The SMILES string of the molecule is COc1ccc(C=Cc2cc(OC)cc(OC)c2-c2oc3cc(Cl)ccc3c(=O)c2O)cc1. The molecule has 0 amide bonds. The summed E-state index contributed by atoms with van der Waals surface area (Å²) >= 11 is 6.09. The van der Waals surface area contributed by atoms with Gasteiger partial charge < -0.3 is 23.7 Å². The number of ether oxygens (including phenoxy) is 3. The normalized spacial score (nSPS) is 11.2. The molecule has 0 aliphatic carbocycles. The minimum absolute atomic E-state index is 0.0244. The van der Waals surface area contributed by atoms with E-state index in [1.54, 1.807) is 32.4 Å². The maximum absolute atomic E-state index is 12.9. The first-order valence-corrected chi connectivity index (χ1v) is 10.4. The van der Waals surface area contributed by atoms with Crippen LogP contribution in [-0.2, 0) is 0 Å². The smallest absolute Gasteiger partial charge is 0.235 e. The predicted molar refractivity (Wildman–Crippen MR) is 130 cm³/mol. The standard InChI is InChI=1S/C26H21ClO6/c1-30-18-9-5-15(6-10-18)4-7-16-12-19(31-2)14-22(32-3)23(16)26-25(29)24(28)20-11-8-17(27)13-21(20)33-26/h4-14,29H,1-3H3. The van der Waals surface area contributed by atoms with E-state index in [9.17, 15) is 9.90 Å². The molecule has 3 aromatic carbocycles. The Kier molecular flexibility index (Phi) is 6.29. The van der Waals surface area contributed by atoms with Crippen molar-refractivity contribution in [1.82, 2.24) is 0 Å². The maximum Gasteiger partial charge on any atom is 0.235 e. The first kappa shape index (κ1) is 22.3. The summed E-state index contributed by atoms with van der Waals surface area (Å²) in [6.07, 6.45) is 3.70. The van der Waals surface area contributed by atoms with E-state index in [4.69, 9.17) is 30.2 Å². The average molecular weight is 465 g/mol. The van der Waals surface area contributed by atoms with Gasteiger partial charge in [0.25, 0.3) is 0 Å². The van der Waals surface area contributed by atoms with Crippen molar-refractivity contribution in [1.29, 1.82) is 0 Å². The lowest BCUT2D eigenvalue weighted by Gasteiger charge is -2.15. The maximum atomic E-state index is 12.9. The Morgan fingerprint density at radius 3 is 2.27 bits per heavy atom. The molecule has 7 heteroatoms. The van der Waals surface area contributed by atoms with Crippen LogP contribution in [0.1, 0.15) is 11.1 Å². The quantitative estimate of drug-likeness (QED) is 0.352. The van der Waals surface area contributed by atoms with Gasteiger partial charge in [-0.3, -0.25) is 4.79 Å². The van der Waals surface area contributed by atoms with Gasteiger partial charge in [0.1, 0.15) is 22.8 Å². The van der Waals surface area contributed by atoms with Crippen LogP contribution in [0.5, 0.6) is 23.0 Å². The fourth-order valence-electron chi connectivity index (χ4n) is 3.49. The van der Waals surface area contributed by atoms with Gasteiger partial charge in [0.15, 0.2) is 5.76 Å². The number of halogens is 1. The van der Waals surface area contributed by atoms with Gasteiger partial charge >= 0.3 is 0 Å². The largest absolute Gasteiger partial charge is 0.502 e. The van der Waals surface area contributed by atoms with Gasteiger partial charge in [0.05, 0.1) is 32.3 Å². The van der Waals surface area contributed by atoms with Crippen molar-refractivity contribution in [3.05, 3.63) is 81.0 Å². The third-order valence-electron chi connectivity index (χ3n) is 5.19. The summed E-state index contributed by atoms with van der Waals surface area (Å²) in [4.78, 5) is 12.9. The first-order valence-electron chi connectivity index (χ1n) is 9.99. The molecule has 168 valence electrons. The molecular formula is C26H21ClO6. The van der Waals surface area contributed by atoms with E-state index in [-0.39, 0.29) is 16.7 Å². The highest BCUT2D eigenvalue weighted by molar-refractivity contribution is 6.31. The molecule has 33 heavy (non-hydrogen) atoms. The lowest BCUT2D eigenvalue weighted by molar-refractivity contribution is 0.393.